The molecule has 1 aromatic rings. The van der Waals surface area contributed by atoms with Gasteiger partial charge in [-0.05, 0) is 11.6 Å². The van der Waals surface area contributed by atoms with E-state index in [0.717, 1.165) is 12.1 Å². The molecule has 1 unspecified atom stereocenters. The molecule has 1 atom stereocenters. The van der Waals surface area contributed by atoms with Crippen molar-refractivity contribution in [2.75, 3.05) is 19.7 Å². The van der Waals surface area contributed by atoms with Crippen molar-refractivity contribution in [1.82, 2.24) is 15.6 Å². The van der Waals surface area contributed by atoms with Crippen LogP contribution in [0.4, 0.5) is 0 Å². The summed E-state index contributed by atoms with van der Waals surface area (Å²) in [4.78, 5) is 15.7. The highest BCUT2D eigenvalue weighted by Crippen LogP contribution is 1.98. The van der Waals surface area contributed by atoms with Crippen LogP contribution in [0, 0.1) is 0 Å². The third kappa shape index (κ3) is 5.18. The Bertz CT molecular complexity index is 345. The normalized spacial score (nSPS) is 18.1. The zero-order valence-electron chi connectivity index (χ0n) is 9.80. The number of ether oxygens (including phenoxy) is 1. The molecule has 1 saturated heterocycles. The molecule has 0 radical (unpaired) electrons. The van der Waals surface area contributed by atoms with E-state index in [9.17, 15) is 4.79 Å². The Morgan fingerprint density at radius 1 is 1.56 bits per heavy atom. The number of rotatable bonds is 3. The van der Waals surface area contributed by atoms with E-state index in [1.165, 1.54) is 0 Å². The molecule has 1 aliphatic rings. The second-order valence-corrected chi connectivity index (χ2v) is 3.64. The minimum absolute atomic E-state index is 0. The molecule has 0 spiro atoms. The first-order valence-electron chi connectivity index (χ1n) is 5.35. The maximum atomic E-state index is 11.7. The van der Waals surface area contributed by atoms with Gasteiger partial charge >= 0.3 is 0 Å². The van der Waals surface area contributed by atoms with Crippen LogP contribution >= 0.6 is 24.8 Å². The molecule has 2 heterocycles. The number of halogens is 2. The third-order valence-electron chi connectivity index (χ3n) is 2.41. The van der Waals surface area contributed by atoms with Crippen molar-refractivity contribution in [3.8, 4) is 0 Å². The highest BCUT2D eigenvalue weighted by molar-refractivity contribution is 5.85. The quantitative estimate of drug-likeness (QED) is 0.853. The Hall–Kier alpha value is -0.880. The molecule has 1 fully saturated rings. The molecule has 0 bridgehead atoms. The van der Waals surface area contributed by atoms with Gasteiger partial charge in [0.05, 0.1) is 6.61 Å². The Kier molecular flexibility index (Phi) is 8.66. The van der Waals surface area contributed by atoms with E-state index in [1.807, 2.05) is 12.1 Å². The van der Waals surface area contributed by atoms with Crippen LogP contribution in [0.5, 0.6) is 0 Å². The Labute approximate surface area is 119 Å². The number of amides is 1. The van der Waals surface area contributed by atoms with E-state index in [0.29, 0.717) is 19.7 Å². The van der Waals surface area contributed by atoms with Gasteiger partial charge in [-0.15, -0.1) is 24.8 Å². The van der Waals surface area contributed by atoms with Crippen LogP contribution in [0.1, 0.15) is 5.56 Å². The zero-order chi connectivity index (χ0) is 11.2. The third-order valence-corrected chi connectivity index (χ3v) is 2.41. The lowest BCUT2D eigenvalue weighted by atomic mass is 10.2. The summed E-state index contributed by atoms with van der Waals surface area (Å²) < 4.78 is 5.34. The molecule has 102 valence electrons. The van der Waals surface area contributed by atoms with Crippen LogP contribution in [0.15, 0.2) is 24.5 Å². The fourth-order valence-electron chi connectivity index (χ4n) is 1.54. The number of carbonyl (C=O) groups excluding carboxylic acids is 1. The first kappa shape index (κ1) is 17.1. The van der Waals surface area contributed by atoms with Crippen molar-refractivity contribution in [2.45, 2.75) is 12.6 Å². The lowest BCUT2D eigenvalue weighted by Crippen LogP contribution is -2.47. The lowest BCUT2D eigenvalue weighted by Gasteiger charge is -2.22. The summed E-state index contributed by atoms with van der Waals surface area (Å²) in [6.45, 7) is 2.47. The number of hydrogen-bond donors (Lipinski definition) is 2. The molecule has 1 aromatic heterocycles. The van der Waals surface area contributed by atoms with Gasteiger partial charge in [-0.2, -0.15) is 0 Å². The van der Waals surface area contributed by atoms with Gasteiger partial charge in [0, 0.05) is 32.0 Å². The number of hydrogen-bond acceptors (Lipinski definition) is 4. The van der Waals surface area contributed by atoms with E-state index in [1.54, 1.807) is 12.4 Å². The predicted molar refractivity (Wildman–Crippen MR) is 73.2 cm³/mol. The standard InChI is InChI=1S/C11H15N3O2.2ClH/c15-11(10-8-13-4-5-16-10)14-7-9-2-1-3-12-6-9;;/h1-3,6,10,13H,4-5,7-8H2,(H,14,15);2*1H. The summed E-state index contributed by atoms with van der Waals surface area (Å²) in [6, 6.07) is 3.77. The van der Waals surface area contributed by atoms with Gasteiger partial charge in [-0.1, -0.05) is 6.07 Å². The Morgan fingerprint density at radius 2 is 2.39 bits per heavy atom. The van der Waals surface area contributed by atoms with Crippen molar-refractivity contribution in [3.05, 3.63) is 30.1 Å². The van der Waals surface area contributed by atoms with Crippen molar-refractivity contribution in [3.63, 3.8) is 0 Å². The number of morpholine rings is 1. The molecule has 0 saturated carbocycles. The first-order valence-corrected chi connectivity index (χ1v) is 5.35. The average molecular weight is 294 g/mol. The van der Waals surface area contributed by atoms with Crippen molar-refractivity contribution in [1.29, 1.82) is 0 Å². The summed E-state index contributed by atoms with van der Waals surface area (Å²) in [7, 11) is 0. The Balaban J connectivity index is 0.00000144. The van der Waals surface area contributed by atoms with E-state index in [2.05, 4.69) is 15.6 Å². The lowest BCUT2D eigenvalue weighted by molar-refractivity contribution is -0.134. The molecule has 0 aromatic carbocycles. The molecule has 2 N–H and O–H groups in total. The van der Waals surface area contributed by atoms with Crippen LogP contribution in [0.3, 0.4) is 0 Å². The number of nitrogens with one attached hydrogen (secondary N) is 2. The van der Waals surface area contributed by atoms with E-state index in [4.69, 9.17) is 4.74 Å². The molecule has 2 rings (SSSR count). The second kappa shape index (κ2) is 9.10. The summed E-state index contributed by atoms with van der Waals surface area (Å²) in [5.41, 5.74) is 0.986. The molecular formula is C11H17Cl2N3O2. The highest BCUT2D eigenvalue weighted by atomic mass is 35.5. The molecule has 7 heteroatoms. The molecule has 1 amide bonds. The van der Waals surface area contributed by atoms with Crippen LogP contribution < -0.4 is 10.6 Å². The molecule has 1 aliphatic heterocycles. The van der Waals surface area contributed by atoms with Gasteiger partial charge in [0.15, 0.2) is 0 Å². The minimum atomic E-state index is -0.370. The van der Waals surface area contributed by atoms with E-state index < -0.39 is 0 Å². The van der Waals surface area contributed by atoms with Gasteiger partial charge in [0.1, 0.15) is 6.10 Å². The number of nitrogens with zero attached hydrogens (tertiary/aromatic N) is 1. The fourth-order valence-corrected chi connectivity index (χ4v) is 1.54. The fraction of sp³-hybridized carbons (Fsp3) is 0.455. The summed E-state index contributed by atoms with van der Waals surface area (Å²) in [6.07, 6.45) is 3.07. The largest absolute Gasteiger partial charge is 0.366 e. The van der Waals surface area contributed by atoms with Crippen LogP contribution in [0.25, 0.3) is 0 Å². The number of aromatic nitrogens is 1. The maximum absolute atomic E-state index is 11.7. The molecule has 0 aliphatic carbocycles. The van der Waals surface area contributed by atoms with Crippen LogP contribution in [-0.2, 0) is 16.1 Å². The van der Waals surface area contributed by atoms with Crippen molar-refractivity contribution >= 4 is 30.7 Å². The van der Waals surface area contributed by atoms with Gasteiger partial charge in [0.2, 0.25) is 0 Å². The molecule has 5 nitrogen and oxygen atoms in total. The Morgan fingerprint density at radius 3 is 3.00 bits per heavy atom. The van der Waals surface area contributed by atoms with E-state index in [-0.39, 0.29) is 36.8 Å². The SMILES string of the molecule is Cl.Cl.O=C(NCc1cccnc1)C1CNCCO1. The van der Waals surface area contributed by atoms with E-state index >= 15 is 0 Å². The van der Waals surface area contributed by atoms with Gasteiger partial charge in [-0.3, -0.25) is 9.78 Å². The zero-order valence-corrected chi connectivity index (χ0v) is 11.4. The summed E-state index contributed by atoms with van der Waals surface area (Å²) in [5, 5.41) is 5.94. The van der Waals surface area contributed by atoms with Gasteiger partial charge < -0.3 is 15.4 Å². The van der Waals surface area contributed by atoms with Crippen LogP contribution in [-0.4, -0.2) is 36.7 Å². The second-order valence-electron chi connectivity index (χ2n) is 3.64. The van der Waals surface area contributed by atoms with Crippen LogP contribution in [0.2, 0.25) is 0 Å². The maximum Gasteiger partial charge on any atom is 0.250 e. The van der Waals surface area contributed by atoms with Gasteiger partial charge in [0.25, 0.3) is 5.91 Å². The van der Waals surface area contributed by atoms with Crippen molar-refractivity contribution < 1.29 is 9.53 Å². The van der Waals surface area contributed by atoms with Crippen molar-refractivity contribution in [2.24, 2.45) is 0 Å². The smallest absolute Gasteiger partial charge is 0.250 e. The molecular weight excluding hydrogens is 277 g/mol. The topological polar surface area (TPSA) is 63.2 Å². The predicted octanol–water partition coefficient (Wildman–Crippen LogP) is 0.530. The summed E-state index contributed by atoms with van der Waals surface area (Å²) >= 11 is 0. The molecule has 18 heavy (non-hydrogen) atoms. The average Bonchev–Trinajstić information content (AvgIpc) is 2.38. The first-order chi connectivity index (χ1) is 7.86. The minimum Gasteiger partial charge on any atom is -0.366 e. The van der Waals surface area contributed by atoms with Gasteiger partial charge in [-0.25, -0.2) is 0 Å². The number of pyridine rings is 1. The summed E-state index contributed by atoms with van der Waals surface area (Å²) in [5.74, 6) is -0.0731. The highest BCUT2D eigenvalue weighted by Gasteiger charge is 2.20. The number of carbonyl (C=O) groups is 1. The monoisotopic (exact) mass is 293 g/mol.